The summed E-state index contributed by atoms with van der Waals surface area (Å²) >= 11 is 0. The molecule has 0 aromatic rings. The summed E-state index contributed by atoms with van der Waals surface area (Å²) < 4.78 is 39.8. The first-order valence-corrected chi connectivity index (χ1v) is 10.6. The molecule has 4 aliphatic rings. The van der Waals surface area contributed by atoms with Crippen LogP contribution in [0.3, 0.4) is 0 Å². The van der Waals surface area contributed by atoms with Crippen LogP contribution >= 0.6 is 0 Å². The fraction of sp³-hybridized carbons (Fsp3) is 0.955. The lowest BCUT2D eigenvalue weighted by Gasteiger charge is -2.61. The van der Waals surface area contributed by atoms with Gasteiger partial charge in [0.15, 0.2) is 0 Å². The molecule has 0 aromatic carbocycles. The van der Waals surface area contributed by atoms with E-state index in [9.17, 15) is 18.0 Å². The molecule has 0 bridgehead atoms. The van der Waals surface area contributed by atoms with Crippen LogP contribution in [0, 0.1) is 46.3 Å². The second kappa shape index (κ2) is 5.98. The van der Waals surface area contributed by atoms with Crippen molar-refractivity contribution < 1.29 is 18.0 Å². The van der Waals surface area contributed by atoms with Crippen molar-refractivity contribution in [2.75, 3.05) is 0 Å². The molecule has 4 rings (SSSR count). The van der Waals surface area contributed by atoms with Gasteiger partial charge in [-0.2, -0.15) is 13.2 Å². The van der Waals surface area contributed by atoms with Gasteiger partial charge in [0, 0.05) is 5.92 Å². The van der Waals surface area contributed by atoms with Gasteiger partial charge in [-0.15, -0.1) is 0 Å². The maximum atomic E-state index is 13.3. The van der Waals surface area contributed by atoms with E-state index in [-0.39, 0.29) is 22.7 Å². The summed E-state index contributed by atoms with van der Waals surface area (Å²) in [5.74, 6) is 1.51. The molecule has 4 heteroatoms. The predicted octanol–water partition coefficient (Wildman–Crippen LogP) is 6.41. The third kappa shape index (κ3) is 2.60. The molecule has 0 amide bonds. The molecule has 0 spiro atoms. The Labute approximate surface area is 155 Å². The molecule has 8 atom stereocenters. The number of hydrogen-bond acceptors (Lipinski definition) is 1. The van der Waals surface area contributed by atoms with Crippen LogP contribution in [-0.4, -0.2) is 12.0 Å². The Balaban J connectivity index is 1.57. The van der Waals surface area contributed by atoms with Crippen LogP contribution in [0.4, 0.5) is 13.2 Å². The molecule has 0 N–H and O–H groups in total. The van der Waals surface area contributed by atoms with Crippen LogP contribution in [0.15, 0.2) is 0 Å². The molecule has 0 aromatic heterocycles. The number of halogens is 3. The maximum Gasteiger partial charge on any atom is 0.391 e. The fourth-order valence-electron chi connectivity index (χ4n) is 8.22. The Kier molecular flexibility index (Phi) is 4.32. The Morgan fingerprint density at radius 1 is 0.885 bits per heavy atom. The second-order valence-corrected chi connectivity index (χ2v) is 10.5. The highest BCUT2D eigenvalue weighted by Crippen LogP contribution is 2.68. The summed E-state index contributed by atoms with van der Waals surface area (Å²) in [5, 5.41) is 0. The maximum absolute atomic E-state index is 13.3. The SMILES string of the molecule is CC(=O)C1CCC2C3CCC4CC(C(F)(F)F)CCC4(C)C3CCC12C. The number of ketones is 1. The number of carbonyl (C=O) groups excluding carboxylic acids is 1. The van der Waals surface area contributed by atoms with Crippen molar-refractivity contribution in [1.82, 2.24) is 0 Å². The Morgan fingerprint density at radius 3 is 2.19 bits per heavy atom. The summed E-state index contributed by atoms with van der Waals surface area (Å²) in [5.41, 5.74) is 0.222. The molecule has 4 fully saturated rings. The molecular weight excluding hydrogens is 337 g/mol. The summed E-state index contributed by atoms with van der Waals surface area (Å²) in [6.45, 7) is 6.39. The lowest BCUT2D eigenvalue weighted by Crippen LogP contribution is -2.54. The van der Waals surface area contributed by atoms with Gasteiger partial charge in [0.25, 0.3) is 0 Å². The fourth-order valence-corrected chi connectivity index (χ4v) is 8.22. The minimum absolute atomic E-state index is 0.0836. The third-order valence-corrected chi connectivity index (χ3v) is 9.62. The highest BCUT2D eigenvalue weighted by molar-refractivity contribution is 5.79. The van der Waals surface area contributed by atoms with Crippen molar-refractivity contribution in [2.45, 2.75) is 84.7 Å². The monoisotopic (exact) mass is 370 g/mol. The molecule has 0 radical (unpaired) electrons. The lowest BCUT2D eigenvalue weighted by atomic mass is 9.44. The van der Waals surface area contributed by atoms with Crippen molar-refractivity contribution >= 4 is 5.78 Å². The summed E-state index contributed by atoms with van der Waals surface area (Å²) in [6, 6.07) is 0. The van der Waals surface area contributed by atoms with Crippen LogP contribution in [0.2, 0.25) is 0 Å². The van der Waals surface area contributed by atoms with E-state index in [0.717, 1.165) is 44.9 Å². The van der Waals surface area contributed by atoms with Crippen molar-refractivity contribution in [3.8, 4) is 0 Å². The number of rotatable bonds is 1. The first-order valence-electron chi connectivity index (χ1n) is 10.6. The number of Topliss-reactive ketones (excluding diaryl/α,β-unsaturated/α-hetero) is 1. The summed E-state index contributed by atoms with van der Waals surface area (Å²) in [7, 11) is 0. The Morgan fingerprint density at radius 2 is 1.54 bits per heavy atom. The zero-order chi connectivity index (χ0) is 18.9. The first-order chi connectivity index (χ1) is 12.1. The van der Waals surface area contributed by atoms with E-state index in [1.54, 1.807) is 6.92 Å². The highest BCUT2D eigenvalue weighted by Gasteiger charge is 2.61. The van der Waals surface area contributed by atoms with Gasteiger partial charge in [0.05, 0.1) is 5.92 Å². The minimum Gasteiger partial charge on any atom is -0.300 e. The number of fused-ring (bicyclic) bond motifs is 5. The molecular formula is C22H33F3O. The van der Waals surface area contributed by atoms with Gasteiger partial charge in [-0.05, 0) is 99.2 Å². The average molecular weight is 370 g/mol. The second-order valence-electron chi connectivity index (χ2n) is 10.5. The van der Waals surface area contributed by atoms with E-state index in [4.69, 9.17) is 0 Å². The van der Waals surface area contributed by atoms with Crippen molar-refractivity contribution in [2.24, 2.45) is 46.3 Å². The topological polar surface area (TPSA) is 17.1 Å². The largest absolute Gasteiger partial charge is 0.391 e. The van der Waals surface area contributed by atoms with E-state index >= 15 is 0 Å². The highest BCUT2D eigenvalue weighted by atomic mass is 19.4. The van der Waals surface area contributed by atoms with E-state index in [2.05, 4.69) is 13.8 Å². The van der Waals surface area contributed by atoms with Gasteiger partial charge in [-0.1, -0.05) is 13.8 Å². The summed E-state index contributed by atoms with van der Waals surface area (Å²) in [6.07, 6.45) is 3.80. The van der Waals surface area contributed by atoms with Crippen molar-refractivity contribution in [3.05, 3.63) is 0 Å². The molecule has 0 aliphatic heterocycles. The first kappa shape index (κ1) is 18.8. The van der Waals surface area contributed by atoms with Crippen LogP contribution in [0.5, 0.6) is 0 Å². The van der Waals surface area contributed by atoms with Gasteiger partial charge >= 0.3 is 6.18 Å². The smallest absolute Gasteiger partial charge is 0.300 e. The zero-order valence-corrected chi connectivity index (χ0v) is 16.4. The van der Waals surface area contributed by atoms with Crippen LogP contribution < -0.4 is 0 Å². The summed E-state index contributed by atoms with van der Waals surface area (Å²) in [4.78, 5) is 12.2. The van der Waals surface area contributed by atoms with Crippen LogP contribution in [-0.2, 0) is 4.79 Å². The molecule has 148 valence electrons. The molecule has 0 saturated heterocycles. The average Bonchev–Trinajstić information content (AvgIpc) is 2.90. The standard InChI is InChI=1S/C22H33F3O/c1-13(26)17-6-7-18-16-5-4-14-12-15(22(23,24)25)8-10-20(14,2)19(16)9-11-21(17,18)3/h14-19H,4-12H2,1-3H3. The van der Waals surface area contributed by atoms with Crippen LogP contribution in [0.1, 0.15) is 78.6 Å². The van der Waals surface area contributed by atoms with Crippen molar-refractivity contribution in [1.29, 1.82) is 0 Å². The molecule has 4 saturated carbocycles. The van der Waals surface area contributed by atoms with E-state index in [0.29, 0.717) is 36.4 Å². The molecule has 4 aliphatic carbocycles. The minimum atomic E-state index is -4.02. The van der Waals surface area contributed by atoms with Crippen LogP contribution in [0.25, 0.3) is 0 Å². The molecule has 26 heavy (non-hydrogen) atoms. The zero-order valence-electron chi connectivity index (χ0n) is 16.4. The number of alkyl halides is 3. The van der Waals surface area contributed by atoms with E-state index in [1.165, 1.54) is 0 Å². The third-order valence-electron chi connectivity index (χ3n) is 9.62. The van der Waals surface area contributed by atoms with Gasteiger partial charge in [0.2, 0.25) is 0 Å². The van der Waals surface area contributed by atoms with E-state index in [1.807, 2.05) is 0 Å². The quantitative estimate of drug-likeness (QED) is 0.521. The van der Waals surface area contributed by atoms with Crippen molar-refractivity contribution in [3.63, 3.8) is 0 Å². The predicted molar refractivity (Wildman–Crippen MR) is 95.4 cm³/mol. The number of hydrogen-bond donors (Lipinski definition) is 0. The van der Waals surface area contributed by atoms with E-state index < -0.39 is 12.1 Å². The van der Waals surface area contributed by atoms with Gasteiger partial charge in [-0.25, -0.2) is 0 Å². The molecule has 8 unspecified atom stereocenters. The number of carbonyl (C=O) groups is 1. The normalized spacial score (nSPS) is 51.3. The molecule has 0 heterocycles. The van der Waals surface area contributed by atoms with Gasteiger partial charge in [-0.3, -0.25) is 4.79 Å². The lowest BCUT2D eigenvalue weighted by molar-refractivity contribution is -0.207. The Bertz CT molecular complexity index is 584. The Hall–Kier alpha value is -0.540. The van der Waals surface area contributed by atoms with Gasteiger partial charge < -0.3 is 0 Å². The van der Waals surface area contributed by atoms with Gasteiger partial charge in [0.1, 0.15) is 5.78 Å². The molecule has 1 nitrogen and oxygen atoms in total.